The van der Waals surface area contributed by atoms with Crippen molar-refractivity contribution in [3.63, 3.8) is 0 Å². The molecule has 0 saturated heterocycles. The average molecular weight is 274 g/mol. The lowest BCUT2D eigenvalue weighted by Crippen LogP contribution is -2.02. The predicted octanol–water partition coefficient (Wildman–Crippen LogP) is 4.25. The summed E-state index contributed by atoms with van der Waals surface area (Å²) in [6.07, 6.45) is 0. The maximum Gasteiger partial charge on any atom is 0.133 e. The standard InChI is InChI=1S/C15H18N2OS/c1-9(2)14-16-13(10(3)15(19)17-14)11-5-7-12(18-4)8-6-11/h5-9H,1-4H3,(H,16,17,19). The van der Waals surface area contributed by atoms with Gasteiger partial charge in [-0.25, -0.2) is 4.98 Å². The van der Waals surface area contributed by atoms with Crippen LogP contribution in [0.2, 0.25) is 0 Å². The second kappa shape index (κ2) is 5.53. The minimum Gasteiger partial charge on any atom is -0.497 e. The van der Waals surface area contributed by atoms with Gasteiger partial charge in [0.2, 0.25) is 0 Å². The Morgan fingerprint density at radius 3 is 2.37 bits per heavy atom. The Bertz CT molecular complexity index is 630. The van der Waals surface area contributed by atoms with E-state index >= 15 is 0 Å². The molecule has 2 aromatic rings. The molecule has 100 valence electrons. The molecule has 3 nitrogen and oxygen atoms in total. The number of methoxy groups -OCH3 is 1. The van der Waals surface area contributed by atoms with Gasteiger partial charge in [0.05, 0.1) is 12.8 Å². The third-order valence-corrected chi connectivity index (χ3v) is 3.49. The summed E-state index contributed by atoms with van der Waals surface area (Å²) < 4.78 is 5.84. The number of nitrogens with one attached hydrogen (secondary N) is 1. The van der Waals surface area contributed by atoms with Crippen LogP contribution in [0.25, 0.3) is 11.3 Å². The number of aromatic nitrogens is 2. The predicted molar refractivity (Wildman–Crippen MR) is 80.2 cm³/mol. The second-order valence-electron chi connectivity index (χ2n) is 4.81. The lowest BCUT2D eigenvalue weighted by Gasteiger charge is -2.12. The zero-order valence-electron chi connectivity index (χ0n) is 11.7. The Balaban J connectivity index is 2.56. The average Bonchev–Trinajstić information content (AvgIpc) is 2.41. The van der Waals surface area contributed by atoms with Crippen molar-refractivity contribution in [1.82, 2.24) is 9.97 Å². The van der Waals surface area contributed by atoms with Gasteiger partial charge in [-0.2, -0.15) is 0 Å². The summed E-state index contributed by atoms with van der Waals surface area (Å²) in [6.45, 7) is 6.19. The molecule has 1 aromatic heterocycles. The van der Waals surface area contributed by atoms with Gasteiger partial charge in [0.25, 0.3) is 0 Å². The molecule has 0 amide bonds. The molecule has 0 aliphatic rings. The van der Waals surface area contributed by atoms with E-state index in [0.29, 0.717) is 10.6 Å². The van der Waals surface area contributed by atoms with E-state index in [4.69, 9.17) is 17.0 Å². The first-order valence-corrected chi connectivity index (χ1v) is 6.69. The highest BCUT2D eigenvalue weighted by Gasteiger charge is 2.09. The maximum atomic E-state index is 5.34. The van der Waals surface area contributed by atoms with Crippen molar-refractivity contribution in [2.24, 2.45) is 0 Å². The molecular formula is C15H18N2OS. The SMILES string of the molecule is COc1ccc(-c2[nH]c(C(C)C)nc(=S)c2C)cc1. The minimum atomic E-state index is 0.319. The molecule has 1 heterocycles. The van der Waals surface area contributed by atoms with Crippen molar-refractivity contribution in [2.75, 3.05) is 7.11 Å². The van der Waals surface area contributed by atoms with Crippen LogP contribution >= 0.6 is 12.2 Å². The second-order valence-corrected chi connectivity index (χ2v) is 5.20. The molecule has 0 fully saturated rings. The Hall–Kier alpha value is -1.68. The van der Waals surface area contributed by atoms with Crippen molar-refractivity contribution < 1.29 is 4.74 Å². The van der Waals surface area contributed by atoms with Crippen molar-refractivity contribution in [3.8, 4) is 17.0 Å². The van der Waals surface area contributed by atoms with E-state index in [9.17, 15) is 0 Å². The number of hydrogen-bond acceptors (Lipinski definition) is 3. The first-order chi connectivity index (χ1) is 9.02. The van der Waals surface area contributed by atoms with E-state index in [-0.39, 0.29) is 0 Å². The number of aromatic amines is 1. The summed E-state index contributed by atoms with van der Waals surface area (Å²) in [4.78, 5) is 7.81. The molecule has 19 heavy (non-hydrogen) atoms. The Morgan fingerprint density at radius 2 is 1.84 bits per heavy atom. The van der Waals surface area contributed by atoms with E-state index in [2.05, 4.69) is 23.8 Å². The van der Waals surface area contributed by atoms with E-state index in [1.54, 1.807) is 7.11 Å². The molecule has 0 unspecified atom stereocenters. The summed E-state index contributed by atoms with van der Waals surface area (Å²) in [6, 6.07) is 7.94. The van der Waals surface area contributed by atoms with Gasteiger partial charge in [-0.1, -0.05) is 26.1 Å². The topological polar surface area (TPSA) is 37.9 Å². The van der Waals surface area contributed by atoms with Crippen LogP contribution < -0.4 is 4.74 Å². The first-order valence-electron chi connectivity index (χ1n) is 6.28. The van der Waals surface area contributed by atoms with Crippen molar-refractivity contribution in [1.29, 1.82) is 0 Å². The fourth-order valence-electron chi connectivity index (χ4n) is 1.87. The van der Waals surface area contributed by atoms with E-state index in [1.807, 2.05) is 31.2 Å². The quantitative estimate of drug-likeness (QED) is 0.850. The molecule has 0 bridgehead atoms. The summed E-state index contributed by atoms with van der Waals surface area (Å²) in [5.74, 6) is 2.08. The molecule has 0 aliphatic carbocycles. The summed E-state index contributed by atoms with van der Waals surface area (Å²) in [7, 11) is 1.66. The van der Waals surface area contributed by atoms with Crippen LogP contribution in [0.4, 0.5) is 0 Å². The smallest absolute Gasteiger partial charge is 0.133 e. The van der Waals surface area contributed by atoms with E-state index in [1.165, 1.54) is 0 Å². The van der Waals surface area contributed by atoms with Gasteiger partial charge in [0, 0.05) is 11.5 Å². The summed E-state index contributed by atoms with van der Waals surface area (Å²) in [5, 5.41) is 0. The third kappa shape index (κ3) is 2.84. The van der Waals surface area contributed by atoms with Gasteiger partial charge in [-0.15, -0.1) is 0 Å². The first kappa shape index (κ1) is 13.7. The molecule has 0 saturated carbocycles. The van der Waals surface area contributed by atoms with Crippen LogP contribution in [0.1, 0.15) is 31.2 Å². The number of H-pyrrole nitrogens is 1. The van der Waals surface area contributed by atoms with Crippen molar-refractivity contribution in [2.45, 2.75) is 26.7 Å². The highest BCUT2D eigenvalue weighted by molar-refractivity contribution is 7.71. The van der Waals surface area contributed by atoms with Crippen LogP contribution in [0, 0.1) is 11.6 Å². The molecule has 1 aromatic carbocycles. The molecule has 0 aliphatic heterocycles. The van der Waals surface area contributed by atoms with Crippen LogP contribution in [0.15, 0.2) is 24.3 Å². The molecule has 1 N–H and O–H groups in total. The third-order valence-electron chi connectivity index (χ3n) is 3.10. The fourth-order valence-corrected chi connectivity index (χ4v) is 2.07. The van der Waals surface area contributed by atoms with Crippen molar-refractivity contribution in [3.05, 3.63) is 40.3 Å². The van der Waals surface area contributed by atoms with Gasteiger partial charge in [-0.05, 0) is 36.8 Å². The largest absolute Gasteiger partial charge is 0.497 e. The van der Waals surface area contributed by atoms with E-state index < -0.39 is 0 Å². The number of ether oxygens (including phenoxy) is 1. The number of nitrogens with zero attached hydrogens (tertiary/aromatic N) is 1. The van der Waals surface area contributed by atoms with Gasteiger partial charge < -0.3 is 9.72 Å². The van der Waals surface area contributed by atoms with Crippen LogP contribution in [0.5, 0.6) is 5.75 Å². The molecule has 2 rings (SSSR count). The molecule has 0 atom stereocenters. The Morgan fingerprint density at radius 1 is 1.21 bits per heavy atom. The number of hydrogen-bond donors (Lipinski definition) is 1. The lowest BCUT2D eigenvalue weighted by molar-refractivity contribution is 0.415. The van der Waals surface area contributed by atoms with Crippen LogP contribution in [0.3, 0.4) is 0 Å². The van der Waals surface area contributed by atoms with E-state index in [0.717, 1.165) is 28.4 Å². The van der Waals surface area contributed by atoms with Gasteiger partial charge in [0.15, 0.2) is 0 Å². The minimum absolute atomic E-state index is 0.319. The highest BCUT2D eigenvalue weighted by atomic mass is 32.1. The maximum absolute atomic E-state index is 5.34. The molecular weight excluding hydrogens is 256 g/mol. The van der Waals surface area contributed by atoms with Crippen LogP contribution in [-0.2, 0) is 0 Å². The summed E-state index contributed by atoms with van der Waals surface area (Å²) in [5.41, 5.74) is 3.13. The van der Waals surface area contributed by atoms with Crippen LogP contribution in [-0.4, -0.2) is 17.1 Å². The number of rotatable bonds is 3. The Kier molecular flexibility index (Phi) is 4.00. The fraction of sp³-hybridized carbons (Fsp3) is 0.333. The monoisotopic (exact) mass is 274 g/mol. The van der Waals surface area contributed by atoms with Gasteiger partial charge in [-0.3, -0.25) is 0 Å². The zero-order valence-corrected chi connectivity index (χ0v) is 12.5. The molecule has 0 radical (unpaired) electrons. The Labute approximate surface area is 118 Å². The number of benzene rings is 1. The molecule has 0 spiro atoms. The zero-order chi connectivity index (χ0) is 14.0. The summed E-state index contributed by atoms with van der Waals surface area (Å²) >= 11 is 5.34. The van der Waals surface area contributed by atoms with Gasteiger partial charge in [0.1, 0.15) is 16.2 Å². The molecule has 4 heteroatoms. The highest BCUT2D eigenvalue weighted by Crippen LogP contribution is 2.25. The normalized spacial score (nSPS) is 10.8. The van der Waals surface area contributed by atoms with Gasteiger partial charge >= 0.3 is 0 Å². The lowest BCUT2D eigenvalue weighted by atomic mass is 10.1. The van der Waals surface area contributed by atoms with Crippen molar-refractivity contribution >= 4 is 12.2 Å².